The summed E-state index contributed by atoms with van der Waals surface area (Å²) in [5.74, 6) is -0.405. The second-order valence-corrected chi connectivity index (χ2v) is 4.44. The summed E-state index contributed by atoms with van der Waals surface area (Å²) in [5, 5.41) is 3.72. The molecule has 0 aliphatic rings. The molecule has 0 aliphatic carbocycles. The second kappa shape index (κ2) is 5.65. The van der Waals surface area contributed by atoms with Gasteiger partial charge < -0.3 is 9.42 Å². The summed E-state index contributed by atoms with van der Waals surface area (Å²) in [7, 11) is 1.65. The number of amides is 1. The van der Waals surface area contributed by atoms with Crippen LogP contribution in [0, 0.1) is 12.7 Å². The molecule has 0 saturated heterocycles. The van der Waals surface area contributed by atoms with Crippen LogP contribution in [0.5, 0.6) is 0 Å². The first-order valence-corrected chi connectivity index (χ1v) is 5.95. The van der Waals surface area contributed by atoms with Gasteiger partial charge in [0.05, 0.1) is 12.1 Å². The molecule has 19 heavy (non-hydrogen) atoms. The van der Waals surface area contributed by atoms with E-state index < -0.39 is 0 Å². The van der Waals surface area contributed by atoms with Crippen molar-refractivity contribution in [3.8, 4) is 0 Å². The van der Waals surface area contributed by atoms with E-state index in [0.717, 1.165) is 5.56 Å². The van der Waals surface area contributed by atoms with Gasteiger partial charge in [-0.15, -0.1) is 0 Å². The Morgan fingerprint density at radius 3 is 2.74 bits per heavy atom. The third kappa shape index (κ3) is 3.19. The lowest BCUT2D eigenvalue weighted by atomic mass is 10.1. The highest BCUT2D eigenvalue weighted by atomic mass is 19.1. The lowest BCUT2D eigenvalue weighted by molar-refractivity contribution is -0.129. The van der Waals surface area contributed by atoms with Crippen LogP contribution >= 0.6 is 0 Å². The Labute approximate surface area is 110 Å². The molecule has 0 atom stereocenters. The van der Waals surface area contributed by atoms with Crippen LogP contribution in [-0.2, 0) is 17.8 Å². The molecular weight excluding hydrogens is 247 g/mol. The lowest BCUT2D eigenvalue weighted by Gasteiger charge is -2.17. The Morgan fingerprint density at radius 2 is 2.11 bits per heavy atom. The molecule has 1 aromatic heterocycles. The largest absolute Gasteiger partial charge is 0.364 e. The van der Waals surface area contributed by atoms with Gasteiger partial charge in [-0.1, -0.05) is 23.4 Å². The zero-order chi connectivity index (χ0) is 13.8. The first kappa shape index (κ1) is 13.3. The topological polar surface area (TPSA) is 46.3 Å². The highest BCUT2D eigenvalue weighted by Crippen LogP contribution is 2.11. The summed E-state index contributed by atoms with van der Waals surface area (Å²) < 4.78 is 18.3. The molecule has 100 valence electrons. The minimum Gasteiger partial charge on any atom is -0.364 e. The van der Waals surface area contributed by atoms with Gasteiger partial charge in [-0.05, 0) is 13.0 Å². The average molecular weight is 262 g/mol. The fourth-order valence-electron chi connectivity index (χ4n) is 1.75. The molecule has 0 spiro atoms. The fourth-order valence-corrected chi connectivity index (χ4v) is 1.75. The third-order valence-corrected chi connectivity index (χ3v) is 2.98. The van der Waals surface area contributed by atoms with Crippen molar-refractivity contribution in [1.29, 1.82) is 0 Å². The molecule has 1 heterocycles. The van der Waals surface area contributed by atoms with Gasteiger partial charge in [0.15, 0.2) is 0 Å². The van der Waals surface area contributed by atoms with E-state index in [9.17, 15) is 9.18 Å². The first-order valence-electron chi connectivity index (χ1n) is 5.95. The first-order chi connectivity index (χ1) is 9.08. The number of carbonyl (C=O) groups excluding carboxylic acids is 1. The van der Waals surface area contributed by atoms with E-state index >= 15 is 0 Å². The smallest absolute Gasteiger partial charge is 0.227 e. The number of halogens is 1. The van der Waals surface area contributed by atoms with E-state index in [2.05, 4.69) is 5.16 Å². The van der Waals surface area contributed by atoms with Crippen molar-refractivity contribution in [2.45, 2.75) is 19.9 Å². The van der Waals surface area contributed by atoms with Crippen LogP contribution < -0.4 is 0 Å². The van der Waals surface area contributed by atoms with Gasteiger partial charge in [-0.3, -0.25) is 4.79 Å². The molecule has 1 aromatic carbocycles. The second-order valence-electron chi connectivity index (χ2n) is 4.44. The van der Waals surface area contributed by atoms with Gasteiger partial charge in [-0.2, -0.15) is 0 Å². The quantitative estimate of drug-likeness (QED) is 0.849. The Kier molecular flexibility index (Phi) is 3.94. The lowest BCUT2D eigenvalue weighted by Crippen LogP contribution is -2.28. The number of nitrogens with zero attached hydrogens (tertiary/aromatic N) is 2. The number of likely N-dealkylation sites (N-methyl/N-ethyl adjacent to an activating group) is 1. The van der Waals surface area contributed by atoms with Gasteiger partial charge in [0.1, 0.15) is 12.1 Å². The molecule has 2 aromatic rings. The van der Waals surface area contributed by atoms with Gasteiger partial charge in [0.25, 0.3) is 0 Å². The summed E-state index contributed by atoms with van der Waals surface area (Å²) in [6.07, 6.45) is 1.67. The van der Waals surface area contributed by atoms with Gasteiger partial charge >= 0.3 is 0 Å². The molecule has 0 bridgehead atoms. The average Bonchev–Trinajstić information content (AvgIpc) is 2.78. The number of hydrogen-bond donors (Lipinski definition) is 0. The Hall–Kier alpha value is -2.17. The van der Waals surface area contributed by atoms with Crippen LogP contribution in [0.25, 0.3) is 0 Å². The number of aryl methyl sites for hydroxylation is 1. The number of hydrogen-bond acceptors (Lipinski definition) is 3. The van der Waals surface area contributed by atoms with E-state index in [4.69, 9.17) is 4.52 Å². The van der Waals surface area contributed by atoms with E-state index in [1.807, 2.05) is 0 Å². The van der Waals surface area contributed by atoms with Crippen molar-refractivity contribution in [3.05, 3.63) is 53.2 Å². The number of benzene rings is 1. The molecule has 0 aliphatic heterocycles. The zero-order valence-corrected chi connectivity index (χ0v) is 10.9. The summed E-state index contributed by atoms with van der Waals surface area (Å²) >= 11 is 0. The van der Waals surface area contributed by atoms with Crippen molar-refractivity contribution < 1.29 is 13.7 Å². The molecular formula is C14H15FN2O2. The minimum atomic E-state index is -0.302. The van der Waals surface area contributed by atoms with Crippen molar-refractivity contribution in [1.82, 2.24) is 10.1 Å². The monoisotopic (exact) mass is 262 g/mol. The molecule has 4 nitrogen and oxygen atoms in total. The summed E-state index contributed by atoms with van der Waals surface area (Å²) in [6.45, 7) is 2.03. The van der Waals surface area contributed by atoms with Crippen molar-refractivity contribution >= 4 is 5.91 Å². The molecule has 0 unspecified atom stereocenters. The van der Waals surface area contributed by atoms with Crippen LogP contribution in [0.3, 0.4) is 0 Å². The molecule has 1 amide bonds. The molecule has 5 heteroatoms. The van der Waals surface area contributed by atoms with Crippen LogP contribution in [0.15, 0.2) is 35.1 Å². The number of carbonyl (C=O) groups is 1. The Balaban J connectivity index is 2.00. The van der Waals surface area contributed by atoms with Crippen molar-refractivity contribution in [2.24, 2.45) is 0 Å². The highest BCUT2D eigenvalue weighted by Gasteiger charge is 2.14. The van der Waals surface area contributed by atoms with Gasteiger partial charge in [0.2, 0.25) is 5.91 Å². The van der Waals surface area contributed by atoms with Crippen molar-refractivity contribution in [3.63, 3.8) is 0 Å². The maximum Gasteiger partial charge on any atom is 0.227 e. The SMILES string of the molecule is Cc1nocc1CC(=O)N(C)Cc1ccccc1F. The van der Waals surface area contributed by atoms with E-state index in [-0.39, 0.29) is 24.7 Å². The maximum atomic E-state index is 13.5. The number of aromatic nitrogens is 1. The van der Waals surface area contributed by atoms with Gasteiger partial charge in [0, 0.05) is 24.7 Å². The standard InChI is InChI=1S/C14H15FN2O2/c1-10-12(9-19-16-10)7-14(18)17(2)8-11-5-3-4-6-13(11)15/h3-6,9H,7-8H2,1-2H3. The van der Waals surface area contributed by atoms with Crippen LogP contribution in [0.4, 0.5) is 4.39 Å². The molecule has 0 fully saturated rings. The zero-order valence-electron chi connectivity index (χ0n) is 10.9. The normalized spacial score (nSPS) is 10.5. The van der Waals surface area contributed by atoms with E-state index in [1.54, 1.807) is 32.2 Å². The molecule has 2 rings (SSSR count). The third-order valence-electron chi connectivity index (χ3n) is 2.98. The van der Waals surface area contributed by atoms with Crippen LogP contribution in [-0.4, -0.2) is 23.0 Å². The predicted octanol–water partition coefficient (Wildman–Crippen LogP) is 2.32. The summed E-state index contributed by atoms with van der Waals surface area (Å²) in [4.78, 5) is 13.5. The van der Waals surface area contributed by atoms with E-state index in [0.29, 0.717) is 11.3 Å². The van der Waals surface area contributed by atoms with Gasteiger partial charge in [-0.25, -0.2) is 4.39 Å². The van der Waals surface area contributed by atoms with E-state index in [1.165, 1.54) is 17.2 Å². The highest BCUT2D eigenvalue weighted by molar-refractivity contribution is 5.78. The van der Waals surface area contributed by atoms with Crippen molar-refractivity contribution in [2.75, 3.05) is 7.05 Å². The molecule has 0 radical (unpaired) electrons. The molecule has 0 N–H and O–H groups in total. The Morgan fingerprint density at radius 1 is 1.37 bits per heavy atom. The maximum absolute atomic E-state index is 13.5. The fraction of sp³-hybridized carbons (Fsp3) is 0.286. The van der Waals surface area contributed by atoms with Crippen LogP contribution in [0.1, 0.15) is 16.8 Å². The number of rotatable bonds is 4. The summed E-state index contributed by atoms with van der Waals surface area (Å²) in [5.41, 5.74) is 1.96. The Bertz CT molecular complexity index is 580. The minimum absolute atomic E-state index is 0.102. The predicted molar refractivity (Wildman–Crippen MR) is 67.8 cm³/mol. The summed E-state index contributed by atoms with van der Waals surface area (Å²) in [6, 6.07) is 6.43. The molecule has 0 saturated carbocycles. The van der Waals surface area contributed by atoms with Crippen LogP contribution in [0.2, 0.25) is 0 Å².